The lowest BCUT2D eigenvalue weighted by Crippen LogP contribution is -2.49. The standard InChI is InChI=1S/C18H22F3N5/c1-14(24-17-15(18(19,20)21)5-4-8-23-17)13-25-9-11-26(12-10-25)16-6-2-3-7-22-16/h2-8,14H,9-13H2,1H3,(H,23,24). The van der Waals surface area contributed by atoms with Crippen LogP contribution in [0.2, 0.25) is 0 Å². The summed E-state index contributed by atoms with van der Waals surface area (Å²) in [5.41, 5.74) is -0.730. The molecule has 1 atom stereocenters. The third kappa shape index (κ3) is 4.63. The zero-order valence-corrected chi connectivity index (χ0v) is 14.6. The first-order chi connectivity index (χ1) is 12.4. The number of pyridine rings is 2. The Morgan fingerprint density at radius 2 is 1.77 bits per heavy atom. The Kier molecular flexibility index (Phi) is 5.61. The van der Waals surface area contributed by atoms with E-state index in [2.05, 4.69) is 25.1 Å². The first kappa shape index (κ1) is 18.4. The van der Waals surface area contributed by atoms with Crippen LogP contribution < -0.4 is 10.2 Å². The highest BCUT2D eigenvalue weighted by molar-refractivity contribution is 5.46. The second-order valence-electron chi connectivity index (χ2n) is 6.42. The number of aromatic nitrogens is 2. The number of hydrogen-bond acceptors (Lipinski definition) is 5. The largest absolute Gasteiger partial charge is 0.419 e. The summed E-state index contributed by atoms with van der Waals surface area (Å²) in [7, 11) is 0. The van der Waals surface area contributed by atoms with Crippen LogP contribution >= 0.6 is 0 Å². The van der Waals surface area contributed by atoms with Gasteiger partial charge in [0.2, 0.25) is 0 Å². The minimum absolute atomic E-state index is 0.111. The molecule has 0 saturated carbocycles. The van der Waals surface area contributed by atoms with Gasteiger partial charge in [-0.05, 0) is 31.2 Å². The number of alkyl halides is 3. The average molecular weight is 365 g/mol. The first-order valence-corrected chi connectivity index (χ1v) is 8.60. The molecular formula is C18H22F3N5. The predicted molar refractivity (Wildman–Crippen MR) is 95.2 cm³/mol. The Balaban J connectivity index is 1.53. The van der Waals surface area contributed by atoms with Crippen molar-refractivity contribution >= 4 is 11.6 Å². The van der Waals surface area contributed by atoms with Crippen molar-refractivity contribution in [1.82, 2.24) is 14.9 Å². The van der Waals surface area contributed by atoms with Crippen molar-refractivity contribution in [3.63, 3.8) is 0 Å². The third-order valence-electron chi connectivity index (χ3n) is 4.37. The molecule has 0 aliphatic carbocycles. The number of rotatable bonds is 5. The lowest BCUT2D eigenvalue weighted by atomic mass is 10.2. The van der Waals surface area contributed by atoms with E-state index in [0.29, 0.717) is 6.54 Å². The fraction of sp³-hybridized carbons (Fsp3) is 0.444. The van der Waals surface area contributed by atoms with Gasteiger partial charge in [-0.1, -0.05) is 6.07 Å². The average Bonchev–Trinajstić information content (AvgIpc) is 2.62. The zero-order valence-electron chi connectivity index (χ0n) is 14.6. The van der Waals surface area contributed by atoms with E-state index < -0.39 is 11.7 Å². The van der Waals surface area contributed by atoms with Gasteiger partial charge in [-0.2, -0.15) is 13.2 Å². The monoisotopic (exact) mass is 365 g/mol. The Labute approximate surface area is 150 Å². The molecule has 0 radical (unpaired) electrons. The van der Waals surface area contributed by atoms with Crippen molar-refractivity contribution in [3.05, 3.63) is 48.3 Å². The summed E-state index contributed by atoms with van der Waals surface area (Å²) >= 11 is 0. The molecule has 3 heterocycles. The van der Waals surface area contributed by atoms with Gasteiger partial charge in [0, 0.05) is 51.2 Å². The van der Waals surface area contributed by atoms with Crippen LogP contribution in [0.3, 0.4) is 0 Å². The highest BCUT2D eigenvalue weighted by Crippen LogP contribution is 2.33. The van der Waals surface area contributed by atoms with Gasteiger partial charge in [-0.3, -0.25) is 4.90 Å². The van der Waals surface area contributed by atoms with Gasteiger partial charge in [0.15, 0.2) is 0 Å². The SMILES string of the molecule is CC(CN1CCN(c2ccccn2)CC1)Nc1ncccc1C(F)(F)F. The fourth-order valence-corrected chi connectivity index (χ4v) is 3.12. The minimum atomic E-state index is -4.41. The molecule has 140 valence electrons. The topological polar surface area (TPSA) is 44.3 Å². The van der Waals surface area contributed by atoms with Gasteiger partial charge in [0.05, 0.1) is 5.56 Å². The summed E-state index contributed by atoms with van der Waals surface area (Å²) in [5.74, 6) is 0.848. The second kappa shape index (κ2) is 7.90. The van der Waals surface area contributed by atoms with Crippen LogP contribution in [0.25, 0.3) is 0 Å². The normalized spacial score (nSPS) is 17.2. The molecule has 0 spiro atoms. The van der Waals surface area contributed by atoms with Crippen molar-refractivity contribution in [1.29, 1.82) is 0 Å². The van der Waals surface area contributed by atoms with Crippen LogP contribution in [0, 0.1) is 0 Å². The number of piperazine rings is 1. The highest BCUT2D eigenvalue weighted by atomic mass is 19.4. The van der Waals surface area contributed by atoms with Crippen molar-refractivity contribution < 1.29 is 13.2 Å². The molecule has 1 unspecified atom stereocenters. The molecular weight excluding hydrogens is 343 g/mol. The van der Waals surface area contributed by atoms with Gasteiger partial charge in [0.1, 0.15) is 11.6 Å². The first-order valence-electron chi connectivity index (χ1n) is 8.60. The maximum atomic E-state index is 13.1. The van der Waals surface area contributed by atoms with E-state index >= 15 is 0 Å². The molecule has 0 amide bonds. The summed E-state index contributed by atoms with van der Waals surface area (Å²) in [6.07, 6.45) is -1.26. The van der Waals surface area contributed by atoms with Crippen LogP contribution in [0.5, 0.6) is 0 Å². The van der Waals surface area contributed by atoms with E-state index in [0.717, 1.165) is 38.1 Å². The van der Waals surface area contributed by atoms with Crippen LogP contribution in [0.1, 0.15) is 12.5 Å². The van der Waals surface area contributed by atoms with Gasteiger partial charge < -0.3 is 10.2 Å². The number of hydrogen-bond donors (Lipinski definition) is 1. The Hall–Kier alpha value is -2.35. The van der Waals surface area contributed by atoms with E-state index in [1.165, 1.54) is 12.3 Å². The highest BCUT2D eigenvalue weighted by Gasteiger charge is 2.34. The molecule has 5 nitrogen and oxygen atoms in total. The van der Waals surface area contributed by atoms with Crippen molar-refractivity contribution in [2.75, 3.05) is 42.9 Å². The summed E-state index contributed by atoms with van der Waals surface area (Å²) in [6, 6.07) is 8.04. The van der Waals surface area contributed by atoms with E-state index in [-0.39, 0.29) is 11.9 Å². The van der Waals surface area contributed by atoms with Gasteiger partial charge in [0.25, 0.3) is 0 Å². The Morgan fingerprint density at radius 1 is 1.04 bits per heavy atom. The van der Waals surface area contributed by atoms with Crippen molar-refractivity contribution in [2.24, 2.45) is 0 Å². The van der Waals surface area contributed by atoms with Crippen LogP contribution in [-0.2, 0) is 6.18 Å². The lowest BCUT2D eigenvalue weighted by molar-refractivity contribution is -0.137. The van der Waals surface area contributed by atoms with E-state index in [1.807, 2.05) is 25.1 Å². The number of nitrogens with one attached hydrogen (secondary N) is 1. The maximum absolute atomic E-state index is 13.1. The molecule has 0 aromatic carbocycles. The van der Waals surface area contributed by atoms with Crippen LogP contribution in [0.4, 0.5) is 24.8 Å². The zero-order chi connectivity index (χ0) is 18.6. The molecule has 2 aromatic heterocycles. The molecule has 1 fully saturated rings. The predicted octanol–water partition coefficient (Wildman–Crippen LogP) is 3.12. The fourth-order valence-electron chi connectivity index (χ4n) is 3.12. The maximum Gasteiger partial charge on any atom is 0.419 e. The molecule has 26 heavy (non-hydrogen) atoms. The Bertz CT molecular complexity index is 699. The molecule has 0 bridgehead atoms. The molecule has 1 aliphatic heterocycles. The quantitative estimate of drug-likeness (QED) is 0.882. The number of halogens is 3. The van der Waals surface area contributed by atoms with Gasteiger partial charge in [-0.15, -0.1) is 0 Å². The second-order valence-corrected chi connectivity index (χ2v) is 6.42. The van der Waals surface area contributed by atoms with Gasteiger partial charge in [-0.25, -0.2) is 9.97 Å². The molecule has 1 N–H and O–H groups in total. The minimum Gasteiger partial charge on any atom is -0.366 e. The van der Waals surface area contributed by atoms with Crippen LogP contribution in [-0.4, -0.2) is 53.6 Å². The number of anilines is 2. The molecule has 3 rings (SSSR count). The number of nitrogens with zero attached hydrogens (tertiary/aromatic N) is 4. The van der Waals surface area contributed by atoms with E-state index in [4.69, 9.17) is 0 Å². The summed E-state index contributed by atoms with van der Waals surface area (Å²) in [5, 5.41) is 2.91. The van der Waals surface area contributed by atoms with E-state index in [1.54, 1.807) is 6.20 Å². The summed E-state index contributed by atoms with van der Waals surface area (Å²) < 4.78 is 39.2. The Morgan fingerprint density at radius 3 is 2.42 bits per heavy atom. The summed E-state index contributed by atoms with van der Waals surface area (Å²) in [6.45, 7) is 5.92. The molecule has 1 saturated heterocycles. The van der Waals surface area contributed by atoms with E-state index in [9.17, 15) is 13.2 Å². The summed E-state index contributed by atoms with van der Waals surface area (Å²) in [4.78, 5) is 12.7. The smallest absolute Gasteiger partial charge is 0.366 e. The van der Waals surface area contributed by atoms with Crippen molar-refractivity contribution in [3.8, 4) is 0 Å². The molecule has 1 aliphatic rings. The van der Waals surface area contributed by atoms with Crippen LogP contribution in [0.15, 0.2) is 42.7 Å². The lowest BCUT2D eigenvalue weighted by Gasteiger charge is -2.36. The van der Waals surface area contributed by atoms with Crippen molar-refractivity contribution in [2.45, 2.75) is 19.1 Å². The molecule has 2 aromatic rings. The third-order valence-corrected chi connectivity index (χ3v) is 4.37. The molecule has 8 heteroatoms. The van der Waals surface area contributed by atoms with Gasteiger partial charge >= 0.3 is 6.18 Å².